The molecular weight excluding hydrogens is 388 g/mol. The third-order valence-electron chi connectivity index (χ3n) is 5.65. The summed E-state index contributed by atoms with van der Waals surface area (Å²) in [7, 11) is 0. The Hall–Kier alpha value is -4.45. The van der Waals surface area contributed by atoms with E-state index in [1.165, 1.54) is 0 Å². The third-order valence-corrected chi connectivity index (χ3v) is 5.65. The predicted octanol–water partition coefficient (Wildman–Crippen LogP) is 4.36. The Morgan fingerprint density at radius 1 is 0.710 bits per heavy atom. The molecule has 2 heterocycles. The van der Waals surface area contributed by atoms with E-state index in [0.717, 1.165) is 42.7 Å². The molecule has 6 nitrogen and oxygen atoms in total. The lowest BCUT2D eigenvalue weighted by atomic mass is 9.97. The summed E-state index contributed by atoms with van der Waals surface area (Å²) in [4.78, 5) is 31.7. The van der Waals surface area contributed by atoms with Gasteiger partial charge in [0.05, 0.1) is 11.7 Å². The van der Waals surface area contributed by atoms with Crippen LogP contribution in [0, 0.1) is 0 Å². The minimum atomic E-state index is -0.581. The highest BCUT2D eigenvalue weighted by Crippen LogP contribution is 2.27. The van der Waals surface area contributed by atoms with Crippen LogP contribution in [0.1, 0.15) is 5.56 Å². The van der Waals surface area contributed by atoms with Crippen molar-refractivity contribution in [3.8, 4) is 0 Å². The van der Waals surface area contributed by atoms with Crippen LogP contribution < -0.4 is 11.2 Å². The summed E-state index contributed by atoms with van der Waals surface area (Å²) in [6, 6.07) is 25.6. The number of hydrogen-bond donors (Lipinski definition) is 2. The summed E-state index contributed by atoms with van der Waals surface area (Å²) in [5.41, 5.74) is 1.39. The number of para-hydroxylation sites is 1. The van der Waals surface area contributed by atoms with E-state index in [2.05, 4.69) is 21.1 Å². The van der Waals surface area contributed by atoms with Crippen LogP contribution in [0.2, 0.25) is 0 Å². The summed E-state index contributed by atoms with van der Waals surface area (Å²) in [6.45, 7) is 0. The number of nitrogens with zero attached hydrogens (tertiary/aromatic N) is 2. The maximum atomic E-state index is 13.1. The lowest BCUT2D eigenvalue weighted by molar-refractivity contribution is 0.770. The molecule has 4 aromatic carbocycles. The van der Waals surface area contributed by atoms with Gasteiger partial charge in [0.2, 0.25) is 0 Å². The molecule has 0 amide bonds. The Bertz CT molecular complexity index is 1730. The topological polar surface area (TPSA) is 83.0 Å². The van der Waals surface area contributed by atoms with Crippen LogP contribution >= 0.6 is 0 Å². The zero-order chi connectivity index (χ0) is 20.9. The first-order valence-corrected chi connectivity index (χ1v) is 9.91. The average molecular weight is 404 g/mol. The predicted molar refractivity (Wildman–Crippen MR) is 125 cm³/mol. The molecule has 0 saturated carbocycles. The lowest BCUT2D eigenvalue weighted by Gasteiger charge is -2.08. The molecule has 0 fully saturated rings. The van der Waals surface area contributed by atoms with Crippen molar-refractivity contribution in [2.24, 2.45) is 5.10 Å². The molecule has 0 spiro atoms. The molecule has 6 rings (SSSR count). The average Bonchev–Trinajstić information content (AvgIpc) is 3.17. The number of H-pyrrole nitrogens is 2. The van der Waals surface area contributed by atoms with Crippen molar-refractivity contribution in [1.29, 1.82) is 0 Å². The van der Waals surface area contributed by atoms with E-state index in [0.29, 0.717) is 11.0 Å². The van der Waals surface area contributed by atoms with E-state index in [-0.39, 0.29) is 0 Å². The van der Waals surface area contributed by atoms with Gasteiger partial charge in [-0.2, -0.15) is 5.10 Å². The summed E-state index contributed by atoms with van der Waals surface area (Å²) in [5, 5.41) is 9.24. The van der Waals surface area contributed by atoms with Crippen molar-refractivity contribution >= 4 is 49.7 Å². The number of aromatic amines is 2. The zero-order valence-corrected chi connectivity index (χ0v) is 16.3. The van der Waals surface area contributed by atoms with E-state index in [1.54, 1.807) is 6.21 Å². The molecule has 0 bridgehead atoms. The van der Waals surface area contributed by atoms with E-state index in [1.807, 2.05) is 72.8 Å². The van der Waals surface area contributed by atoms with Crippen LogP contribution in [0.4, 0.5) is 0 Å². The molecule has 31 heavy (non-hydrogen) atoms. The highest BCUT2D eigenvalue weighted by atomic mass is 16.2. The fraction of sp³-hybridized carbons (Fsp3) is 0. The molecule has 2 aromatic heterocycles. The SMILES string of the molecule is O=c1[nH]c2c([nH]c3ccccc32)c(=O)n1/N=C/c1c2ccccc2cc2ccccc12. The van der Waals surface area contributed by atoms with Crippen molar-refractivity contribution in [1.82, 2.24) is 14.6 Å². The second kappa shape index (κ2) is 6.53. The van der Waals surface area contributed by atoms with Gasteiger partial charge in [-0.05, 0) is 33.7 Å². The molecule has 0 radical (unpaired) electrons. The van der Waals surface area contributed by atoms with Gasteiger partial charge in [-0.3, -0.25) is 4.79 Å². The maximum Gasteiger partial charge on any atom is 0.350 e. The minimum Gasteiger partial charge on any atom is -0.349 e. The van der Waals surface area contributed by atoms with Crippen LogP contribution in [0.15, 0.2) is 93.6 Å². The molecule has 0 atom stereocenters. The normalized spacial score (nSPS) is 12.0. The van der Waals surface area contributed by atoms with Gasteiger partial charge in [0.1, 0.15) is 5.52 Å². The standard InChI is InChI=1S/C25H16N4O2/c30-24-23-22(19-11-5-6-12-21(19)27-23)28-25(31)29(24)26-14-20-17-9-3-1-7-15(17)13-16-8-2-4-10-18(16)20/h1-14,27H,(H,28,31)/b26-14+. The van der Waals surface area contributed by atoms with Gasteiger partial charge in [-0.1, -0.05) is 66.7 Å². The van der Waals surface area contributed by atoms with Crippen molar-refractivity contribution in [3.63, 3.8) is 0 Å². The quantitative estimate of drug-likeness (QED) is 0.332. The first-order valence-electron chi connectivity index (χ1n) is 9.91. The van der Waals surface area contributed by atoms with E-state index in [4.69, 9.17) is 0 Å². The Kier molecular flexibility index (Phi) is 3.67. The van der Waals surface area contributed by atoms with E-state index < -0.39 is 11.2 Å². The number of nitrogens with one attached hydrogen (secondary N) is 2. The molecule has 0 aliphatic heterocycles. The van der Waals surface area contributed by atoms with Crippen molar-refractivity contribution in [2.75, 3.05) is 0 Å². The lowest BCUT2D eigenvalue weighted by Crippen LogP contribution is -2.32. The summed E-state index contributed by atoms with van der Waals surface area (Å²) in [5.74, 6) is 0. The van der Waals surface area contributed by atoms with E-state index in [9.17, 15) is 9.59 Å². The van der Waals surface area contributed by atoms with Gasteiger partial charge in [-0.15, -0.1) is 4.68 Å². The van der Waals surface area contributed by atoms with Gasteiger partial charge in [-0.25, -0.2) is 4.79 Å². The molecule has 0 aliphatic rings. The highest BCUT2D eigenvalue weighted by molar-refractivity contribution is 6.13. The molecule has 148 valence electrons. The molecule has 6 heteroatoms. The number of rotatable bonds is 2. The van der Waals surface area contributed by atoms with Crippen molar-refractivity contribution in [3.05, 3.63) is 105 Å². The second-order valence-electron chi connectivity index (χ2n) is 7.44. The summed E-state index contributed by atoms with van der Waals surface area (Å²) < 4.78 is 0.869. The fourth-order valence-electron chi connectivity index (χ4n) is 4.20. The monoisotopic (exact) mass is 404 g/mol. The molecule has 0 unspecified atom stereocenters. The smallest absolute Gasteiger partial charge is 0.349 e. The maximum absolute atomic E-state index is 13.1. The number of fused-ring (bicyclic) bond motifs is 5. The highest BCUT2D eigenvalue weighted by Gasteiger charge is 2.12. The Labute approximate surface area is 175 Å². The van der Waals surface area contributed by atoms with Gasteiger partial charge >= 0.3 is 11.2 Å². The second-order valence-corrected chi connectivity index (χ2v) is 7.44. The third kappa shape index (κ3) is 2.62. The Balaban J connectivity index is 1.61. The first-order chi connectivity index (χ1) is 15.2. The van der Waals surface area contributed by atoms with Gasteiger partial charge in [0.25, 0.3) is 0 Å². The molecule has 0 aliphatic carbocycles. The summed E-state index contributed by atoms with van der Waals surface area (Å²) in [6.07, 6.45) is 1.59. The van der Waals surface area contributed by atoms with Gasteiger partial charge in [0, 0.05) is 16.5 Å². The molecular formula is C25H16N4O2. The Morgan fingerprint density at radius 2 is 1.32 bits per heavy atom. The van der Waals surface area contributed by atoms with Gasteiger partial charge in [0.15, 0.2) is 0 Å². The molecule has 6 aromatic rings. The number of aromatic nitrogens is 3. The zero-order valence-electron chi connectivity index (χ0n) is 16.3. The Morgan fingerprint density at radius 3 is 2.03 bits per heavy atom. The van der Waals surface area contributed by atoms with E-state index >= 15 is 0 Å². The van der Waals surface area contributed by atoms with Crippen LogP contribution in [0.25, 0.3) is 43.5 Å². The largest absolute Gasteiger partial charge is 0.350 e. The van der Waals surface area contributed by atoms with Crippen molar-refractivity contribution < 1.29 is 0 Å². The van der Waals surface area contributed by atoms with Crippen LogP contribution in [-0.2, 0) is 0 Å². The molecule has 2 N–H and O–H groups in total. The molecule has 0 saturated heterocycles. The fourth-order valence-corrected chi connectivity index (χ4v) is 4.20. The van der Waals surface area contributed by atoms with Crippen molar-refractivity contribution in [2.45, 2.75) is 0 Å². The van der Waals surface area contributed by atoms with Crippen LogP contribution in [0.5, 0.6) is 0 Å². The number of hydrogen-bond acceptors (Lipinski definition) is 3. The first kappa shape index (κ1) is 17.4. The van der Waals surface area contributed by atoms with Crippen LogP contribution in [-0.4, -0.2) is 20.9 Å². The van der Waals surface area contributed by atoms with Crippen LogP contribution in [0.3, 0.4) is 0 Å². The summed E-state index contributed by atoms with van der Waals surface area (Å²) >= 11 is 0. The number of benzene rings is 4. The van der Waals surface area contributed by atoms with Gasteiger partial charge < -0.3 is 9.97 Å². The minimum absolute atomic E-state index is 0.320.